The van der Waals surface area contributed by atoms with Gasteiger partial charge >= 0.3 is 0 Å². The lowest BCUT2D eigenvalue weighted by atomic mass is 10.3. The summed E-state index contributed by atoms with van der Waals surface area (Å²) in [6.07, 6.45) is 5.06. The molecule has 3 rings (SSSR count). The molecule has 8 heteroatoms. The summed E-state index contributed by atoms with van der Waals surface area (Å²) in [5.74, 6) is 0.707. The minimum absolute atomic E-state index is 0.484. The Morgan fingerprint density at radius 2 is 2.29 bits per heavy atom. The zero-order valence-corrected chi connectivity index (χ0v) is 11.9. The van der Waals surface area contributed by atoms with Crippen molar-refractivity contribution >= 4 is 16.9 Å². The highest BCUT2D eigenvalue weighted by atomic mass is 16.5. The van der Waals surface area contributed by atoms with Gasteiger partial charge in [-0.2, -0.15) is 4.98 Å². The second-order valence-corrected chi connectivity index (χ2v) is 4.60. The Bertz CT molecular complexity index is 735. The molecule has 0 unspecified atom stereocenters. The van der Waals surface area contributed by atoms with Crippen LogP contribution < -0.4 is 5.32 Å². The third-order valence-corrected chi connectivity index (χ3v) is 3.22. The molecule has 0 atom stereocenters. The van der Waals surface area contributed by atoms with Crippen LogP contribution in [-0.2, 0) is 17.8 Å². The monoisotopic (exact) mass is 288 g/mol. The molecule has 0 fully saturated rings. The van der Waals surface area contributed by atoms with Crippen molar-refractivity contribution in [1.29, 1.82) is 0 Å². The average molecular weight is 288 g/mol. The van der Waals surface area contributed by atoms with Gasteiger partial charge in [-0.15, -0.1) is 0 Å². The van der Waals surface area contributed by atoms with Gasteiger partial charge < -0.3 is 19.1 Å². The van der Waals surface area contributed by atoms with E-state index in [0.717, 1.165) is 23.3 Å². The Kier molecular flexibility index (Phi) is 3.78. The van der Waals surface area contributed by atoms with Gasteiger partial charge in [0.2, 0.25) is 0 Å². The lowest BCUT2D eigenvalue weighted by Gasteiger charge is -2.09. The smallest absolute Gasteiger partial charge is 0.263 e. The third-order valence-electron chi connectivity index (χ3n) is 3.22. The Morgan fingerprint density at radius 3 is 3.14 bits per heavy atom. The molecule has 0 aliphatic rings. The van der Waals surface area contributed by atoms with E-state index in [2.05, 4.69) is 25.4 Å². The van der Waals surface area contributed by atoms with Crippen LogP contribution in [0.15, 0.2) is 23.4 Å². The number of ether oxygens (including phenoxy) is 1. The number of fused-ring (bicyclic) bond motifs is 1. The molecule has 0 aliphatic heterocycles. The van der Waals surface area contributed by atoms with E-state index in [0.29, 0.717) is 24.7 Å². The molecule has 21 heavy (non-hydrogen) atoms. The number of methoxy groups -OCH3 is 1. The molecule has 3 heterocycles. The minimum atomic E-state index is 0.484. The first-order chi connectivity index (χ1) is 10.3. The van der Waals surface area contributed by atoms with E-state index in [9.17, 15) is 0 Å². The van der Waals surface area contributed by atoms with Gasteiger partial charge in [-0.25, -0.2) is 9.97 Å². The van der Waals surface area contributed by atoms with Crippen molar-refractivity contribution in [2.75, 3.05) is 19.0 Å². The van der Waals surface area contributed by atoms with Crippen molar-refractivity contribution in [2.24, 2.45) is 0 Å². The fourth-order valence-corrected chi connectivity index (χ4v) is 2.12. The van der Waals surface area contributed by atoms with Gasteiger partial charge in [0.25, 0.3) is 5.71 Å². The van der Waals surface area contributed by atoms with Crippen LogP contribution in [0.5, 0.6) is 0 Å². The maximum Gasteiger partial charge on any atom is 0.263 e. The molecule has 1 N–H and O–H groups in total. The van der Waals surface area contributed by atoms with Crippen LogP contribution in [-0.4, -0.2) is 38.4 Å². The van der Waals surface area contributed by atoms with E-state index in [1.54, 1.807) is 13.4 Å². The van der Waals surface area contributed by atoms with Gasteiger partial charge in [0, 0.05) is 19.9 Å². The van der Waals surface area contributed by atoms with E-state index in [1.807, 2.05) is 17.7 Å². The van der Waals surface area contributed by atoms with Gasteiger partial charge in [0.05, 0.1) is 30.9 Å². The van der Waals surface area contributed by atoms with Crippen LogP contribution in [0.2, 0.25) is 0 Å². The fourth-order valence-electron chi connectivity index (χ4n) is 2.12. The topological polar surface area (TPSA) is 90.9 Å². The fraction of sp³-hybridized carbons (Fsp3) is 0.385. The van der Waals surface area contributed by atoms with E-state index in [4.69, 9.17) is 9.26 Å². The van der Waals surface area contributed by atoms with E-state index in [-0.39, 0.29) is 0 Å². The van der Waals surface area contributed by atoms with Gasteiger partial charge in [0.1, 0.15) is 17.5 Å². The number of rotatable bonds is 6. The zero-order valence-electron chi connectivity index (χ0n) is 11.9. The Morgan fingerprint density at radius 1 is 1.38 bits per heavy atom. The standard InChI is InChI=1S/C13H16N6O2/c1-9-11-12(16-7-17-13(11)21-18-9)15-6-10-5-14-8-19(10)3-4-20-2/h5,7-8H,3-4,6H2,1-2H3,(H,15,16,17). The SMILES string of the molecule is COCCn1cncc1CNc1ncnc2onc(C)c12. The summed E-state index contributed by atoms with van der Waals surface area (Å²) >= 11 is 0. The number of aryl methyl sites for hydroxylation is 1. The van der Waals surface area contributed by atoms with E-state index >= 15 is 0 Å². The van der Waals surface area contributed by atoms with Crippen molar-refractivity contribution < 1.29 is 9.26 Å². The van der Waals surface area contributed by atoms with Crippen molar-refractivity contribution in [3.05, 3.63) is 30.2 Å². The number of anilines is 1. The molecule has 8 nitrogen and oxygen atoms in total. The van der Waals surface area contributed by atoms with Gasteiger partial charge in [0.15, 0.2) is 0 Å². The lowest BCUT2D eigenvalue weighted by Crippen LogP contribution is -2.10. The van der Waals surface area contributed by atoms with Crippen LogP contribution in [0.25, 0.3) is 11.1 Å². The van der Waals surface area contributed by atoms with Crippen molar-refractivity contribution in [1.82, 2.24) is 24.7 Å². The summed E-state index contributed by atoms with van der Waals surface area (Å²) in [5, 5.41) is 7.99. The summed E-state index contributed by atoms with van der Waals surface area (Å²) < 4.78 is 12.3. The predicted octanol–water partition coefficient (Wildman–Crippen LogP) is 1.38. The van der Waals surface area contributed by atoms with Gasteiger partial charge in [-0.05, 0) is 6.92 Å². The molecule has 110 valence electrons. The first kappa shape index (κ1) is 13.5. The number of hydrogen-bond donors (Lipinski definition) is 1. The first-order valence-electron chi connectivity index (χ1n) is 6.58. The molecule has 0 aliphatic carbocycles. The molecule has 0 saturated heterocycles. The highest BCUT2D eigenvalue weighted by Gasteiger charge is 2.12. The van der Waals surface area contributed by atoms with Crippen LogP contribution in [0.3, 0.4) is 0 Å². The first-order valence-corrected chi connectivity index (χ1v) is 6.58. The highest BCUT2D eigenvalue weighted by molar-refractivity contribution is 5.87. The number of aromatic nitrogens is 5. The number of nitrogens with zero attached hydrogens (tertiary/aromatic N) is 5. The highest BCUT2D eigenvalue weighted by Crippen LogP contribution is 2.22. The Balaban J connectivity index is 1.78. The molecule has 0 bridgehead atoms. The van der Waals surface area contributed by atoms with E-state index < -0.39 is 0 Å². The molecule has 3 aromatic heterocycles. The summed E-state index contributed by atoms with van der Waals surface area (Å²) in [7, 11) is 1.68. The maximum absolute atomic E-state index is 5.13. The second kappa shape index (κ2) is 5.88. The lowest BCUT2D eigenvalue weighted by molar-refractivity contribution is 0.186. The minimum Gasteiger partial charge on any atom is -0.383 e. The second-order valence-electron chi connectivity index (χ2n) is 4.60. The normalized spacial score (nSPS) is 11.1. The van der Waals surface area contributed by atoms with Gasteiger partial charge in [-0.3, -0.25) is 0 Å². The summed E-state index contributed by atoms with van der Waals surface area (Å²) in [6.45, 7) is 3.87. The summed E-state index contributed by atoms with van der Waals surface area (Å²) in [5.41, 5.74) is 2.30. The largest absolute Gasteiger partial charge is 0.383 e. The average Bonchev–Trinajstić information content (AvgIpc) is 3.10. The molecule has 0 aromatic carbocycles. The van der Waals surface area contributed by atoms with Crippen molar-refractivity contribution in [3.8, 4) is 0 Å². The molecule has 0 saturated carbocycles. The van der Waals surface area contributed by atoms with Crippen LogP contribution in [0, 0.1) is 6.92 Å². The van der Waals surface area contributed by atoms with Gasteiger partial charge in [-0.1, -0.05) is 5.16 Å². The van der Waals surface area contributed by atoms with Crippen LogP contribution in [0.4, 0.5) is 5.82 Å². The number of nitrogens with one attached hydrogen (secondary N) is 1. The van der Waals surface area contributed by atoms with Crippen molar-refractivity contribution in [3.63, 3.8) is 0 Å². The molecular weight excluding hydrogens is 272 g/mol. The van der Waals surface area contributed by atoms with Crippen molar-refractivity contribution in [2.45, 2.75) is 20.0 Å². The number of imidazole rings is 1. The quantitative estimate of drug-likeness (QED) is 0.732. The predicted molar refractivity (Wildman–Crippen MR) is 75.8 cm³/mol. The third kappa shape index (κ3) is 2.70. The summed E-state index contributed by atoms with van der Waals surface area (Å²) in [4.78, 5) is 12.5. The van der Waals surface area contributed by atoms with E-state index in [1.165, 1.54) is 6.33 Å². The zero-order chi connectivity index (χ0) is 14.7. The Labute approximate surface area is 121 Å². The van der Waals surface area contributed by atoms with Crippen LogP contribution in [0.1, 0.15) is 11.4 Å². The molecule has 0 spiro atoms. The molecule has 3 aromatic rings. The summed E-state index contributed by atoms with van der Waals surface area (Å²) in [6, 6.07) is 0. The Hall–Kier alpha value is -2.48. The number of hydrogen-bond acceptors (Lipinski definition) is 7. The van der Waals surface area contributed by atoms with Crippen LogP contribution >= 0.6 is 0 Å². The maximum atomic E-state index is 5.13. The molecular formula is C13H16N6O2. The molecule has 0 amide bonds. The molecule has 0 radical (unpaired) electrons.